The fourth-order valence-electron chi connectivity index (χ4n) is 1.71. The van der Waals surface area contributed by atoms with Gasteiger partial charge in [-0.3, -0.25) is 0 Å². The van der Waals surface area contributed by atoms with Gasteiger partial charge in [-0.15, -0.1) is 0 Å². The Kier molecular flexibility index (Phi) is 7.14. The zero-order valence-corrected chi connectivity index (χ0v) is 12.5. The summed E-state index contributed by atoms with van der Waals surface area (Å²) in [7, 11) is 3.68. The predicted molar refractivity (Wildman–Crippen MR) is 89.3 cm³/mol. The molecule has 4 nitrogen and oxygen atoms in total. The van der Waals surface area contributed by atoms with Gasteiger partial charge in [-0.25, -0.2) is 0 Å². The number of nitrogens with one attached hydrogen (secondary N) is 2. The van der Waals surface area contributed by atoms with Crippen molar-refractivity contribution in [2.45, 2.75) is 0 Å². The SMILES string of the molecule is C=C/C=C\C(=C/NC)c1nocc1C(/C=C\NC)=C/C=C. The van der Waals surface area contributed by atoms with Crippen LogP contribution in [-0.4, -0.2) is 19.3 Å². The van der Waals surface area contributed by atoms with Crippen molar-refractivity contribution in [3.05, 3.63) is 79.5 Å². The molecule has 0 saturated carbocycles. The second kappa shape index (κ2) is 9.20. The molecule has 1 aromatic heterocycles. The van der Waals surface area contributed by atoms with E-state index in [4.69, 9.17) is 4.52 Å². The van der Waals surface area contributed by atoms with Crippen LogP contribution in [0.4, 0.5) is 0 Å². The Balaban J connectivity index is 3.31. The van der Waals surface area contributed by atoms with Crippen LogP contribution < -0.4 is 10.6 Å². The van der Waals surface area contributed by atoms with Gasteiger partial charge in [0, 0.05) is 31.4 Å². The third-order valence-electron chi connectivity index (χ3n) is 2.59. The van der Waals surface area contributed by atoms with Crippen molar-refractivity contribution in [2.24, 2.45) is 0 Å². The lowest BCUT2D eigenvalue weighted by Crippen LogP contribution is -1.98. The molecule has 1 aromatic rings. The average molecular weight is 283 g/mol. The van der Waals surface area contributed by atoms with Crippen molar-refractivity contribution in [3.63, 3.8) is 0 Å². The van der Waals surface area contributed by atoms with E-state index in [0.29, 0.717) is 0 Å². The quantitative estimate of drug-likeness (QED) is 0.719. The van der Waals surface area contributed by atoms with Crippen LogP contribution in [0.3, 0.4) is 0 Å². The molecule has 0 bridgehead atoms. The van der Waals surface area contributed by atoms with Gasteiger partial charge in [0.15, 0.2) is 0 Å². The van der Waals surface area contributed by atoms with Crippen LogP contribution in [0.2, 0.25) is 0 Å². The van der Waals surface area contributed by atoms with Gasteiger partial charge in [-0.2, -0.15) is 0 Å². The Morgan fingerprint density at radius 2 is 1.95 bits per heavy atom. The highest BCUT2D eigenvalue weighted by molar-refractivity contribution is 5.85. The minimum Gasteiger partial charge on any atom is -0.394 e. The maximum absolute atomic E-state index is 5.15. The molecule has 1 rings (SSSR count). The van der Waals surface area contributed by atoms with Gasteiger partial charge >= 0.3 is 0 Å². The van der Waals surface area contributed by atoms with E-state index in [1.807, 2.05) is 50.8 Å². The average Bonchev–Trinajstić information content (AvgIpc) is 2.97. The van der Waals surface area contributed by atoms with Crippen molar-refractivity contribution in [1.82, 2.24) is 15.8 Å². The fraction of sp³-hybridized carbons (Fsp3) is 0.118. The first-order valence-electron chi connectivity index (χ1n) is 6.56. The Labute approximate surface area is 125 Å². The molecule has 0 saturated heterocycles. The van der Waals surface area contributed by atoms with Crippen LogP contribution in [0.5, 0.6) is 0 Å². The lowest BCUT2D eigenvalue weighted by atomic mass is 10.0. The molecule has 0 aliphatic carbocycles. The van der Waals surface area contributed by atoms with Crippen molar-refractivity contribution in [1.29, 1.82) is 0 Å². The van der Waals surface area contributed by atoms with Gasteiger partial charge in [0.1, 0.15) is 12.0 Å². The molecule has 0 aliphatic rings. The van der Waals surface area contributed by atoms with E-state index >= 15 is 0 Å². The molecule has 0 radical (unpaired) electrons. The molecule has 0 spiro atoms. The zero-order chi connectivity index (χ0) is 15.5. The number of hydrogen-bond acceptors (Lipinski definition) is 4. The maximum Gasteiger partial charge on any atom is 0.132 e. The minimum atomic E-state index is 0.747. The van der Waals surface area contributed by atoms with E-state index in [1.165, 1.54) is 0 Å². The molecule has 1 heterocycles. The standard InChI is InChI=1S/C17H21N3O/c1-5-7-9-15(12-19-4)17-16(13-21-20-17)14(8-6-2)10-11-18-3/h5-13,18-19H,1-2H2,3-4H3/b9-7-,11-10-,14-8+,15-12+. The van der Waals surface area contributed by atoms with Crippen LogP contribution in [0.15, 0.2) is 72.8 Å². The normalized spacial score (nSPS) is 12.9. The molecule has 2 N–H and O–H groups in total. The molecule has 0 fully saturated rings. The molecule has 0 amide bonds. The largest absolute Gasteiger partial charge is 0.394 e. The van der Waals surface area contributed by atoms with Gasteiger partial charge in [0.2, 0.25) is 0 Å². The van der Waals surface area contributed by atoms with Crippen LogP contribution in [-0.2, 0) is 0 Å². The van der Waals surface area contributed by atoms with Crippen LogP contribution in [0.25, 0.3) is 11.1 Å². The van der Waals surface area contributed by atoms with Gasteiger partial charge in [0.25, 0.3) is 0 Å². The molecule has 0 aromatic carbocycles. The number of nitrogens with zero attached hydrogens (tertiary/aromatic N) is 1. The highest BCUT2D eigenvalue weighted by Gasteiger charge is 2.13. The first-order valence-corrected chi connectivity index (χ1v) is 6.56. The van der Waals surface area contributed by atoms with Crippen LogP contribution in [0.1, 0.15) is 11.3 Å². The first kappa shape index (κ1) is 16.3. The summed E-state index contributed by atoms with van der Waals surface area (Å²) in [4.78, 5) is 0. The molecule has 0 atom stereocenters. The Morgan fingerprint density at radius 1 is 1.14 bits per heavy atom. The summed E-state index contributed by atoms with van der Waals surface area (Å²) in [6, 6.07) is 0. The van der Waals surface area contributed by atoms with Crippen LogP contribution >= 0.6 is 0 Å². The number of aromatic nitrogens is 1. The molecule has 21 heavy (non-hydrogen) atoms. The van der Waals surface area contributed by atoms with E-state index in [2.05, 4.69) is 28.9 Å². The minimum absolute atomic E-state index is 0.747. The molecule has 0 aliphatic heterocycles. The van der Waals surface area contributed by atoms with Crippen molar-refractivity contribution in [3.8, 4) is 0 Å². The van der Waals surface area contributed by atoms with E-state index in [-0.39, 0.29) is 0 Å². The van der Waals surface area contributed by atoms with E-state index in [0.717, 1.165) is 22.4 Å². The predicted octanol–water partition coefficient (Wildman–Crippen LogP) is 3.28. The number of hydrogen-bond donors (Lipinski definition) is 2. The van der Waals surface area contributed by atoms with Crippen molar-refractivity contribution < 1.29 is 4.52 Å². The topological polar surface area (TPSA) is 50.1 Å². The summed E-state index contributed by atoms with van der Waals surface area (Å²) < 4.78 is 5.15. The summed E-state index contributed by atoms with van der Waals surface area (Å²) in [6.45, 7) is 7.42. The second-order valence-corrected chi connectivity index (χ2v) is 4.04. The lowest BCUT2D eigenvalue weighted by Gasteiger charge is -2.03. The van der Waals surface area contributed by atoms with Gasteiger partial charge in [-0.05, 0) is 17.8 Å². The smallest absolute Gasteiger partial charge is 0.132 e. The van der Waals surface area contributed by atoms with Crippen LogP contribution in [0, 0.1) is 0 Å². The fourth-order valence-corrected chi connectivity index (χ4v) is 1.71. The molecular formula is C17H21N3O. The summed E-state index contributed by atoms with van der Waals surface area (Å²) in [5.74, 6) is 0. The Morgan fingerprint density at radius 3 is 2.57 bits per heavy atom. The van der Waals surface area contributed by atoms with E-state index in [1.54, 1.807) is 18.4 Å². The van der Waals surface area contributed by atoms with Gasteiger partial charge in [0.05, 0.1) is 0 Å². The monoisotopic (exact) mass is 283 g/mol. The third kappa shape index (κ3) is 4.69. The summed E-state index contributed by atoms with van der Waals surface area (Å²) in [5, 5.41) is 10.1. The number of rotatable bonds is 8. The van der Waals surface area contributed by atoms with Gasteiger partial charge in [-0.1, -0.05) is 48.7 Å². The Hall–Kier alpha value is -2.75. The summed E-state index contributed by atoms with van der Waals surface area (Å²) in [6.07, 6.45) is 16.4. The maximum atomic E-state index is 5.15. The van der Waals surface area contributed by atoms with E-state index < -0.39 is 0 Å². The number of allylic oxidation sites excluding steroid dienone is 8. The first-order chi connectivity index (χ1) is 10.3. The van der Waals surface area contributed by atoms with Gasteiger partial charge < -0.3 is 15.2 Å². The third-order valence-corrected chi connectivity index (χ3v) is 2.59. The summed E-state index contributed by atoms with van der Waals surface area (Å²) in [5.41, 5.74) is 3.48. The molecular weight excluding hydrogens is 262 g/mol. The second-order valence-electron chi connectivity index (χ2n) is 4.04. The van der Waals surface area contributed by atoms with E-state index in [9.17, 15) is 0 Å². The zero-order valence-electron chi connectivity index (χ0n) is 12.5. The van der Waals surface area contributed by atoms with Crippen molar-refractivity contribution >= 4 is 11.1 Å². The van der Waals surface area contributed by atoms with Crippen molar-refractivity contribution in [2.75, 3.05) is 14.1 Å². The highest BCUT2D eigenvalue weighted by Crippen LogP contribution is 2.26. The highest BCUT2D eigenvalue weighted by atomic mass is 16.5. The molecule has 110 valence electrons. The lowest BCUT2D eigenvalue weighted by molar-refractivity contribution is 0.417. The summed E-state index contributed by atoms with van der Waals surface area (Å²) >= 11 is 0. The Bertz CT molecular complexity index is 589. The molecule has 0 unspecified atom stereocenters. The molecule has 4 heteroatoms.